The van der Waals surface area contributed by atoms with Gasteiger partial charge in [0.2, 0.25) is 5.91 Å². The van der Waals surface area contributed by atoms with E-state index in [1.54, 1.807) is 0 Å². The van der Waals surface area contributed by atoms with E-state index in [1.807, 2.05) is 4.90 Å². The lowest BCUT2D eigenvalue weighted by atomic mass is 9.94. The molecule has 0 saturated heterocycles. The van der Waals surface area contributed by atoms with Crippen LogP contribution < -0.4 is 0 Å². The van der Waals surface area contributed by atoms with Gasteiger partial charge < -0.3 is 4.90 Å². The Morgan fingerprint density at radius 3 is 2.46 bits per heavy atom. The zero-order valence-electron chi connectivity index (χ0n) is 8.17. The molecule has 2 heteroatoms. The van der Waals surface area contributed by atoms with Crippen LogP contribution in [0.5, 0.6) is 0 Å². The lowest BCUT2D eigenvalue weighted by Gasteiger charge is -2.32. The number of hydrogen-bond donors (Lipinski definition) is 0. The molecule has 1 aliphatic rings. The molecule has 0 heterocycles. The topological polar surface area (TPSA) is 20.3 Å². The number of rotatable bonds is 3. The maximum absolute atomic E-state index is 11.4. The zero-order chi connectivity index (χ0) is 9.68. The third kappa shape index (κ3) is 2.58. The Balaban J connectivity index is 2.53. The molecule has 0 aliphatic heterocycles. The third-order valence-electron chi connectivity index (χ3n) is 2.71. The minimum atomic E-state index is 0.0295. The Morgan fingerprint density at radius 2 is 2.00 bits per heavy atom. The van der Waals surface area contributed by atoms with E-state index in [9.17, 15) is 4.79 Å². The molecule has 0 aromatic heterocycles. The van der Waals surface area contributed by atoms with E-state index in [4.69, 9.17) is 0 Å². The van der Waals surface area contributed by atoms with E-state index >= 15 is 0 Å². The van der Waals surface area contributed by atoms with E-state index in [0.29, 0.717) is 12.6 Å². The molecule has 0 spiro atoms. The van der Waals surface area contributed by atoms with Crippen LogP contribution in [0, 0.1) is 6.92 Å². The first-order valence-electron chi connectivity index (χ1n) is 5.02. The summed E-state index contributed by atoms with van der Waals surface area (Å²) in [5.74, 6) is 0.0295. The van der Waals surface area contributed by atoms with Gasteiger partial charge in [0.1, 0.15) is 0 Å². The van der Waals surface area contributed by atoms with Gasteiger partial charge in [-0.25, -0.2) is 0 Å². The quantitative estimate of drug-likeness (QED) is 0.609. The SMILES string of the molecule is [CH2]CN(C(=O)C=C)C1CCCCC1. The second-order valence-electron chi connectivity index (χ2n) is 3.53. The molecule has 0 aromatic carbocycles. The van der Waals surface area contributed by atoms with Gasteiger partial charge in [0.15, 0.2) is 0 Å². The summed E-state index contributed by atoms with van der Waals surface area (Å²) in [7, 11) is 0. The van der Waals surface area contributed by atoms with Crippen LogP contribution in [-0.4, -0.2) is 23.4 Å². The van der Waals surface area contributed by atoms with Crippen LogP contribution in [0.4, 0.5) is 0 Å². The second-order valence-corrected chi connectivity index (χ2v) is 3.53. The lowest BCUT2D eigenvalue weighted by Crippen LogP contribution is -2.40. The molecule has 0 aromatic rings. The maximum atomic E-state index is 11.4. The zero-order valence-corrected chi connectivity index (χ0v) is 8.17. The van der Waals surface area contributed by atoms with Crippen LogP contribution in [0.1, 0.15) is 32.1 Å². The Kier molecular flexibility index (Phi) is 4.00. The van der Waals surface area contributed by atoms with Crippen molar-refractivity contribution in [2.24, 2.45) is 0 Å². The van der Waals surface area contributed by atoms with Crippen molar-refractivity contribution in [1.82, 2.24) is 4.90 Å². The fourth-order valence-electron chi connectivity index (χ4n) is 1.98. The fourth-order valence-corrected chi connectivity index (χ4v) is 1.98. The first kappa shape index (κ1) is 10.3. The molecule has 0 bridgehead atoms. The van der Waals surface area contributed by atoms with Crippen molar-refractivity contribution < 1.29 is 4.79 Å². The predicted octanol–water partition coefficient (Wildman–Crippen LogP) is 2.17. The van der Waals surface area contributed by atoms with Crippen molar-refractivity contribution in [3.8, 4) is 0 Å². The van der Waals surface area contributed by atoms with Crippen LogP contribution in [0.25, 0.3) is 0 Å². The van der Waals surface area contributed by atoms with Crippen LogP contribution in [0.15, 0.2) is 12.7 Å². The van der Waals surface area contributed by atoms with Crippen LogP contribution in [-0.2, 0) is 4.79 Å². The lowest BCUT2D eigenvalue weighted by molar-refractivity contribution is -0.128. The summed E-state index contributed by atoms with van der Waals surface area (Å²) in [4.78, 5) is 13.2. The van der Waals surface area contributed by atoms with Crippen molar-refractivity contribution in [3.63, 3.8) is 0 Å². The van der Waals surface area contributed by atoms with Crippen LogP contribution in [0.2, 0.25) is 0 Å². The molecular formula is C11H18NO. The highest BCUT2D eigenvalue weighted by atomic mass is 16.2. The normalized spacial score (nSPS) is 18.2. The monoisotopic (exact) mass is 180 g/mol. The molecule has 2 nitrogen and oxygen atoms in total. The Labute approximate surface area is 80.6 Å². The Morgan fingerprint density at radius 1 is 1.38 bits per heavy atom. The first-order chi connectivity index (χ1) is 6.29. The van der Waals surface area contributed by atoms with Gasteiger partial charge in [0.25, 0.3) is 0 Å². The summed E-state index contributed by atoms with van der Waals surface area (Å²) in [6.07, 6.45) is 7.45. The molecule has 1 fully saturated rings. The first-order valence-corrected chi connectivity index (χ1v) is 5.02. The Bertz CT molecular complexity index is 183. The number of nitrogens with zero attached hydrogens (tertiary/aromatic N) is 1. The largest absolute Gasteiger partial charge is 0.336 e. The summed E-state index contributed by atoms with van der Waals surface area (Å²) in [6, 6.07) is 0.414. The third-order valence-corrected chi connectivity index (χ3v) is 2.71. The van der Waals surface area contributed by atoms with Gasteiger partial charge in [-0.1, -0.05) is 25.8 Å². The molecule has 1 amide bonds. The highest BCUT2D eigenvalue weighted by Crippen LogP contribution is 2.22. The average molecular weight is 180 g/mol. The summed E-state index contributed by atoms with van der Waals surface area (Å²) in [6.45, 7) is 7.86. The summed E-state index contributed by atoms with van der Waals surface area (Å²) in [5.41, 5.74) is 0. The Hall–Kier alpha value is -0.790. The van der Waals surface area contributed by atoms with Gasteiger partial charge in [0, 0.05) is 12.6 Å². The van der Waals surface area contributed by atoms with Gasteiger partial charge in [-0.15, -0.1) is 0 Å². The molecule has 13 heavy (non-hydrogen) atoms. The van der Waals surface area contributed by atoms with E-state index < -0.39 is 0 Å². The molecule has 1 rings (SSSR count). The predicted molar refractivity (Wildman–Crippen MR) is 54.1 cm³/mol. The van der Waals surface area contributed by atoms with Crippen molar-refractivity contribution >= 4 is 5.91 Å². The maximum Gasteiger partial charge on any atom is 0.246 e. The van der Waals surface area contributed by atoms with Crippen molar-refractivity contribution in [3.05, 3.63) is 19.6 Å². The van der Waals surface area contributed by atoms with E-state index in [2.05, 4.69) is 13.5 Å². The molecule has 0 unspecified atom stereocenters. The van der Waals surface area contributed by atoms with Crippen LogP contribution in [0.3, 0.4) is 0 Å². The number of carbonyl (C=O) groups is 1. The molecule has 1 aliphatic carbocycles. The standard InChI is InChI=1S/C11H18NO/c1-3-11(13)12(4-2)10-8-6-5-7-9-10/h3,10H,1-2,4-9H2. The highest BCUT2D eigenvalue weighted by Gasteiger charge is 2.21. The smallest absolute Gasteiger partial charge is 0.246 e. The van der Waals surface area contributed by atoms with Crippen molar-refractivity contribution in [1.29, 1.82) is 0 Å². The highest BCUT2D eigenvalue weighted by molar-refractivity contribution is 5.87. The molecule has 73 valence electrons. The fraction of sp³-hybridized carbons (Fsp3) is 0.636. The number of carbonyl (C=O) groups excluding carboxylic acids is 1. The van der Waals surface area contributed by atoms with Crippen molar-refractivity contribution in [2.75, 3.05) is 6.54 Å². The summed E-state index contributed by atoms with van der Waals surface area (Å²) >= 11 is 0. The summed E-state index contributed by atoms with van der Waals surface area (Å²) < 4.78 is 0. The van der Waals surface area contributed by atoms with Gasteiger partial charge in [-0.2, -0.15) is 0 Å². The molecule has 1 radical (unpaired) electrons. The number of amides is 1. The van der Waals surface area contributed by atoms with Gasteiger partial charge in [-0.05, 0) is 25.8 Å². The van der Waals surface area contributed by atoms with E-state index in [1.165, 1.54) is 25.3 Å². The van der Waals surface area contributed by atoms with Crippen LogP contribution >= 0.6 is 0 Å². The molecule has 1 saturated carbocycles. The number of hydrogen-bond acceptors (Lipinski definition) is 1. The minimum Gasteiger partial charge on any atom is -0.336 e. The van der Waals surface area contributed by atoms with Gasteiger partial charge in [0.05, 0.1) is 0 Å². The van der Waals surface area contributed by atoms with E-state index in [0.717, 1.165) is 12.8 Å². The summed E-state index contributed by atoms with van der Waals surface area (Å²) in [5, 5.41) is 0. The molecular weight excluding hydrogens is 162 g/mol. The van der Waals surface area contributed by atoms with Gasteiger partial charge in [-0.3, -0.25) is 4.79 Å². The average Bonchev–Trinajstić information content (AvgIpc) is 2.20. The molecule has 0 N–H and O–H groups in total. The minimum absolute atomic E-state index is 0.0295. The molecule has 0 atom stereocenters. The van der Waals surface area contributed by atoms with Crippen molar-refractivity contribution in [2.45, 2.75) is 38.1 Å². The van der Waals surface area contributed by atoms with E-state index in [-0.39, 0.29) is 5.91 Å². The second kappa shape index (κ2) is 5.05. The van der Waals surface area contributed by atoms with Gasteiger partial charge >= 0.3 is 0 Å².